The second-order valence-electron chi connectivity index (χ2n) is 6.25. The van der Waals surface area contributed by atoms with Crippen molar-refractivity contribution in [3.63, 3.8) is 0 Å². The lowest BCUT2D eigenvalue weighted by Crippen LogP contribution is -2.21. The van der Waals surface area contributed by atoms with Gasteiger partial charge in [-0.2, -0.15) is 5.10 Å². The molecule has 0 aliphatic carbocycles. The van der Waals surface area contributed by atoms with E-state index in [0.717, 1.165) is 48.0 Å². The quantitative estimate of drug-likeness (QED) is 0.727. The van der Waals surface area contributed by atoms with Crippen LogP contribution in [0.2, 0.25) is 0 Å². The molecule has 0 saturated carbocycles. The third-order valence-corrected chi connectivity index (χ3v) is 4.57. The maximum atomic E-state index is 12.8. The van der Waals surface area contributed by atoms with Gasteiger partial charge in [0.05, 0.1) is 17.2 Å². The van der Waals surface area contributed by atoms with E-state index in [9.17, 15) is 4.79 Å². The summed E-state index contributed by atoms with van der Waals surface area (Å²) in [5.41, 5.74) is 3.79. The van der Waals surface area contributed by atoms with Gasteiger partial charge in [0.1, 0.15) is 5.52 Å². The molecule has 0 saturated heterocycles. The molecule has 3 aromatic rings. The maximum Gasteiger partial charge on any atom is 0.215 e. The Kier molecular flexibility index (Phi) is 4.22. The summed E-state index contributed by atoms with van der Waals surface area (Å²) < 4.78 is 3.93. The number of aromatic nitrogens is 3. The summed E-state index contributed by atoms with van der Waals surface area (Å²) in [4.78, 5) is 15.1. The van der Waals surface area contributed by atoms with E-state index in [1.165, 1.54) is 0 Å². The summed E-state index contributed by atoms with van der Waals surface area (Å²) >= 11 is 0. The molecule has 0 unspecified atom stereocenters. The molecule has 5 heteroatoms. The van der Waals surface area contributed by atoms with E-state index in [1.54, 1.807) is 10.9 Å². The number of nitrogens with zero attached hydrogens (tertiary/aromatic N) is 4. The maximum absolute atomic E-state index is 12.8. The zero-order valence-electron chi connectivity index (χ0n) is 14.3. The topological polar surface area (TPSA) is 43.1 Å². The Morgan fingerprint density at radius 1 is 1.26 bits per heavy atom. The number of rotatable bonds is 5. The lowest BCUT2D eigenvalue weighted by Gasteiger charge is -2.17. The van der Waals surface area contributed by atoms with Crippen molar-refractivity contribution in [2.75, 3.05) is 20.1 Å². The van der Waals surface area contributed by atoms with Gasteiger partial charge >= 0.3 is 0 Å². The van der Waals surface area contributed by atoms with Gasteiger partial charge in [-0.1, -0.05) is 18.6 Å². The van der Waals surface area contributed by atoms with Crippen LogP contribution in [0.4, 0.5) is 0 Å². The summed E-state index contributed by atoms with van der Waals surface area (Å²) in [5, 5.41) is 5.09. The van der Waals surface area contributed by atoms with Crippen molar-refractivity contribution < 1.29 is 0 Å². The predicted octanol–water partition coefficient (Wildman–Crippen LogP) is 2.54. The van der Waals surface area contributed by atoms with Crippen LogP contribution in [0.25, 0.3) is 21.9 Å². The minimum atomic E-state index is 0.0700. The highest BCUT2D eigenvalue weighted by Gasteiger charge is 2.14. The van der Waals surface area contributed by atoms with E-state index >= 15 is 0 Å². The van der Waals surface area contributed by atoms with Crippen molar-refractivity contribution in [1.29, 1.82) is 0 Å². The molecule has 0 spiro atoms. The van der Waals surface area contributed by atoms with E-state index in [4.69, 9.17) is 0 Å². The number of fused-ring (bicyclic) bond motifs is 2. The summed E-state index contributed by atoms with van der Waals surface area (Å²) in [7, 11) is 3.97. The largest absolute Gasteiger partial charge is 0.338 e. The minimum Gasteiger partial charge on any atom is -0.338 e. The van der Waals surface area contributed by atoms with Gasteiger partial charge in [0, 0.05) is 19.0 Å². The predicted molar refractivity (Wildman–Crippen MR) is 95.0 cm³/mol. The van der Waals surface area contributed by atoms with E-state index in [1.807, 2.05) is 20.0 Å². The number of benzene rings is 1. The van der Waals surface area contributed by atoms with Gasteiger partial charge < -0.3 is 9.47 Å². The van der Waals surface area contributed by atoms with Gasteiger partial charge in [-0.25, -0.2) is 0 Å². The fourth-order valence-electron chi connectivity index (χ4n) is 3.11. The highest BCUT2D eigenvalue weighted by Crippen LogP contribution is 2.20. The fraction of sp³-hybridized carbons (Fsp3) is 0.444. The number of hydrogen-bond acceptors (Lipinski definition) is 3. The van der Waals surface area contributed by atoms with Crippen LogP contribution in [0.1, 0.15) is 18.9 Å². The van der Waals surface area contributed by atoms with Gasteiger partial charge in [0.15, 0.2) is 0 Å². The smallest absolute Gasteiger partial charge is 0.215 e. The summed E-state index contributed by atoms with van der Waals surface area (Å²) in [6.45, 7) is 7.15. The monoisotopic (exact) mass is 312 g/mol. The molecule has 0 fully saturated rings. The number of aryl methyl sites for hydroxylation is 3. The average Bonchev–Trinajstić information content (AvgIpc) is 2.92. The van der Waals surface area contributed by atoms with Gasteiger partial charge in [0.2, 0.25) is 5.43 Å². The molecule has 1 aromatic carbocycles. The lowest BCUT2D eigenvalue weighted by atomic mass is 10.1. The first-order valence-electron chi connectivity index (χ1n) is 8.16. The van der Waals surface area contributed by atoms with Gasteiger partial charge in [-0.3, -0.25) is 9.48 Å². The van der Waals surface area contributed by atoms with E-state index in [2.05, 4.69) is 40.7 Å². The molecular formula is C18H24N4O. The summed E-state index contributed by atoms with van der Waals surface area (Å²) in [5.74, 6) is 0. The summed E-state index contributed by atoms with van der Waals surface area (Å²) in [6.07, 6.45) is 2.85. The molecule has 122 valence electrons. The van der Waals surface area contributed by atoms with Gasteiger partial charge in [-0.15, -0.1) is 0 Å². The first-order valence-corrected chi connectivity index (χ1v) is 8.16. The third-order valence-electron chi connectivity index (χ3n) is 4.57. The second-order valence-corrected chi connectivity index (χ2v) is 6.25. The standard InChI is InChI=1S/C18H24N4O/c1-5-20(3)9-6-10-22-15-8-7-13(2)11-14(15)18(23)17-16(22)12-19-21(17)4/h7-8,11-12H,5-6,9-10H2,1-4H3. The Balaban J connectivity index is 2.16. The SMILES string of the molecule is CCN(C)CCCn1c2ccc(C)cc2c(=O)c2c1cnn2C. The van der Waals surface area contributed by atoms with E-state index in [-0.39, 0.29) is 5.43 Å². The van der Waals surface area contributed by atoms with Crippen molar-refractivity contribution in [2.45, 2.75) is 26.8 Å². The Bertz CT molecular complexity index is 907. The lowest BCUT2D eigenvalue weighted by molar-refractivity contribution is 0.340. The number of pyridine rings is 1. The van der Waals surface area contributed by atoms with Crippen LogP contribution < -0.4 is 5.43 Å². The molecule has 2 aromatic heterocycles. The Hall–Kier alpha value is -2.14. The average molecular weight is 312 g/mol. The first kappa shape index (κ1) is 15.7. The van der Waals surface area contributed by atoms with Crippen LogP contribution in [-0.4, -0.2) is 39.4 Å². The molecule has 0 atom stereocenters. The summed E-state index contributed by atoms with van der Waals surface area (Å²) in [6, 6.07) is 6.11. The molecule has 0 aliphatic rings. The molecule has 5 nitrogen and oxygen atoms in total. The van der Waals surface area contributed by atoms with Gasteiger partial charge in [0.25, 0.3) is 0 Å². The highest BCUT2D eigenvalue weighted by molar-refractivity contribution is 5.92. The van der Waals surface area contributed by atoms with E-state index < -0.39 is 0 Å². The molecule has 23 heavy (non-hydrogen) atoms. The minimum absolute atomic E-state index is 0.0700. The van der Waals surface area contributed by atoms with Crippen LogP contribution in [0.3, 0.4) is 0 Å². The first-order chi connectivity index (χ1) is 11.0. The third kappa shape index (κ3) is 2.77. The molecule has 0 amide bonds. The zero-order chi connectivity index (χ0) is 16.6. The van der Waals surface area contributed by atoms with Crippen LogP contribution in [-0.2, 0) is 13.6 Å². The molecule has 0 bridgehead atoms. The van der Waals surface area contributed by atoms with E-state index in [0.29, 0.717) is 5.52 Å². The van der Waals surface area contributed by atoms with Crippen molar-refractivity contribution in [3.8, 4) is 0 Å². The van der Waals surface area contributed by atoms with Gasteiger partial charge in [-0.05, 0) is 45.6 Å². The fourth-order valence-corrected chi connectivity index (χ4v) is 3.11. The second kappa shape index (κ2) is 6.16. The Morgan fingerprint density at radius 3 is 2.78 bits per heavy atom. The molecule has 0 radical (unpaired) electrons. The van der Waals surface area contributed by atoms with Crippen LogP contribution >= 0.6 is 0 Å². The molecule has 0 N–H and O–H groups in total. The van der Waals surface area contributed by atoms with Crippen LogP contribution in [0.15, 0.2) is 29.2 Å². The molecule has 2 heterocycles. The highest BCUT2D eigenvalue weighted by atomic mass is 16.1. The molecular weight excluding hydrogens is 288 g/mol. The number of hydrogen-bond donors (Lipinski definition) is 0. The van der Waals surface area contributed by atoms with Crippen molar-refractivity contribution in [3.05, 3.63) is 40.2 Å². The Morgan fingerprint density at radius 2 is 2.04 bits per heavy atom. The Labute approximate surface area is 136 Å². The molecule has 0 aliphatic heterocycles. The van der Waals surface area contributed by atoms with Crippen molar-refractivity contribution in [1.82, 2.24) is 19.2 Å². The van der Waals surface area contributed by atoms with Crippen LogP contribution in [0.5, 0.6) is 0 Å². The zero-order valence-corrected chi connectivity index (χ0v) is 14.3. The molecule has 3 rings (SSSR count). The van der Waals surface area contributed by atoms with Crippen LogP contribution in [0, 0.1) is 6.92 Å². The van der Waals surface area contributed by atoms with Crippen molar-refractivity contribution >= 4 is 21.9 Å². The normalized spacial score (nSPS) is 11.9. The van der Waals surface area contributed by atoms with Crippen molar-refractivity contribution in [2.24, 2.45) is 7.05 Å².